The first-order valence-corrected chi connectivity index (χ1v) is 9.36. The number of phenolic OH excluding ortho intramolecular Hbond substituents is 1. The van der Waals surface area contributed by atoms with Crippen molar-refractivity contribution in [3.63, 3.8) is 0 Å². The zero-order valence-electron chi connectivity index (χ0n) is 16.1. The Hall–Kier alpha value is -3.94. The molecule has 0 aliphatic rings. The van der Waals surface area contributed by atoms with Crippen molar-refractivity contribution in [2.24, 2.45) is 0 Å². The van der Waals surface area contributed by atoms with Crippen LogP contribution in [0.2, 0.25) is 0 Å². The van der Waals surface area contributed by atoms with Crippen molar-refractivity contribution in [2.45, 2.75) is 6.42 Å². The summed E-state index contributed by atoms with van der Waals surface area (Å²) >= 11 is 0. The van der Waals surface area contributed by atoms with Crippen LogP contribution in [0.4, 0.5) is 15.9 Å². The van der Waals surface area contributed by atoms with Gasteiger partial charge in [0.25, 0.3) is 11.8 Å². The van der Waals surface area contributed by atoms with E-state index in [4.69, 9.17) is 0 Å². The van der Waals surface area contributed by atoms with Gasteiger partial charge in [0.2, 0.25) is 0 Å². The molecule has 3 rings (SSSR count). The number of amides is 2. The Morgan fingerprint density at radius 1 is 0.933 bits per heavy atom. The first-order chi connectivity index (χ1) is 14.5. The van der Waals surface area contributed by atoms with Gasteiger partial charge in [0, 0.05) is 30.5 Å². The van der Waals surface area contributed by atoms with E-state index < -0.39 is 5.82 Å². The number of hydrogen-bond donors (Lipinski definition) is 4. The number of phenols is 1. The van der Waals surface area contributed by atoms with Crippen LogP contribution in [0.5, 0.6) is 5.75 Å². The molecular formula is C22H21FN4O3. The van der Waals surface area contributed by atoms with Crippen molar-refractivity contribution in [1.29, 1.82) is 0 Å². The number of nitrogens with zero attached hydrogens (tertiary/aromatic N) is 1. The Labute approximate surface area is 173 Å². The third-order valence-corrected chi connectivity index (χ3v) is 4.17. The van der Waals surface area contributed by atoms with E-state index >= 15 is 0 Å². The molecule has 0 aliphatic heterocycles. The highest BCUT2D eigenvalue weighted by Gasteiger charge is 2.12. The minimum atomic E-state index is -0.394. The molecule has 2 amide bonds. The topological polar surface area (TPSA) is 103 Å². The fourth-order valence-corrected chi connectivity index (χ4v) is 2.73. The molecule has 8 heteroatoms. The van der Waals surface area contributed by atoms with Crippen molar-refractivity contribution in [3.8, 4) is 5.75 Å². The van der Waals surface area contributed by atoms with Gasteiger partial charge in [-0.1, -0.05) is 12.1 Å². The molecule has 0 bridgehead atoms. The van der Waals surface area contributed by atoms with Gasteiger partial charge in [0.1, 0.15) is 17.4 Å². The van der Waals surface area contributed by atoms with E-state index in [2.05, 4.69) is 20.9 Å². The van der Waals surface area contributed by atoms with Gasteiger partial charge in [-0.25, -0.2) is 9.37 Å². The lowest BCUT2D eigenvalue weighted by Gasteiger charge is -2.11. The van der Waals surface area contributed by atoms with Gasteiger partial charge in [-0.3, -0.25) is 9.59 Å². The maximum absolute atomic E-state index is 13.4. The zero-order chi connectivity index (χ0) is 21.3. The SMILES string of the molecule is O=C(NCCCNC(=O)c1cccnc1Nc1cccc(F)c1)c1cccc(O)c1. The molecule has 3 aromatic rings. The molecule has 0 spiro atoms. The van der Waals surface area contributed by atoms with E-state index in [0.717, 1.165) is 0 Å². The van der Waals surface area contributed by atoms with Crippen LogP contribution in [0.1, 0.15) is 27.1 Å². The number of carbonyl (C=O) groups is 2. The minimum absolute atomic E-state index is 0.0223. The molecule has 154 valence electrons. The number of anilines is 2. The van der Waals surface area contributed by atoms with Gasteiger partial charge in [0.05, 0.1) is 5.56 Å². The lowest BCUT2D eigenvalue weighted by Crippen LogP contribution is -2.30. The van der Waals surface area contributed by atoms with Gasteiger partial charge in [-0.2, -0.15) is 0 Å². The number of aromatic hydroxyl groups is 1. The molecule has 4 N–H and O–H groups in total. The van der Waals surface area contributed by atoms with Crippen molar-refractivity contribution in [1.82, 2.24) is 15.6 Å². The molecule has 0 fully saturated rings. The van der Waals surface area contributed by atoms with Crippen molar-refractivity contribution in [3.05, 3.63) is 83.8 Å². The van der Waals surface area contributed by atoms with E-state index in [1.807, 2.05) is 0 Å². The van der Waals surface area contributed by atoms with Crippen molar-refractivity contribution >= 4 is 23.3 Å². The highest BCUT2D eigenvalue weighted by atomic mass is 19.1. The first-order valence-electron chi connectivity index (χ1n) is 9.36. The zero-order valence-corrected chi connectivity index (χ0v) is 16.1. The van der Waals surface area contributed by atoms with Gasteiger partial charge in [-0.15, -0.1) is 0 Å². The molecule has 7 nitrogen and oxygen atoms in total. The summed E-state index contributed by atoms with van der Waals surface area (Å²) in [5, 5.41) is 17.9. The van der Waals surface area contributed by atoms with E-state index in [9.17, 15) is 19.1 Å². The van der Waals surface area contributed by atoms with E-state index in [1.165, 1.54) is 30.5 Å². The van der Waals surface area contributed by atoms with Crippen LogP contribution in [0.25, 0.3) is 0 Å². The quantitative estimate of drug-likeness (QED) is 0.429. The summed E-state index contributed by atoms with van der Waals surface area (Å²) in [6.07, 6.45) is 2.05. The molecule has 0 aliphatic carbocycles. The van der Waals surface area contributed by atoms with Crippen LogP contribution in [-0.2, 0) is 0 Å². The molecule has 0 saturated carbocycles. The van der Waals surface area contributed by atoms with E-state index in [1.54, 1.807) is 36.4 Å². The average Bonchev–Trinajstić information content (AvgIpc) is 2.73. The normalized spacial score (nSPS) is 10.3. The number of rotatable bonds is 8. The number of hydrogen-bond acceptors (Lipinski definition) is 5. The lowest BCUT2D eigenvalue weighted by molar-refractivity contribution is 0.0951. The molecule has 0 saturated heterocycles. The van der Waals surface area contributed by atoms with Crippen LogP contribution in [0, 0.1) is 5.82 Å². The summed E-state index contributed by atoms with van der Waals surface area (Å²) in [7, 11) is 0. The fourth-order valence-electron chi connectivity index (χ4n) is 2.73. The molecular weight excluding hydrogens is 387 g/mol. The maximum Gasteiger partial charge on any atom is 0.255 e. The standard InChI is InChI=1S/C22H21FN4O3/c23-16-6-2-7-17(14-16)27-20-19(9-3-10-24-20)22(30)26-12-4-11-25-21(29)15-5-1-8-18(28)13-15/h1-3,5-10,13-14,28H,4,11-12H2,(H,24,27)(H,25,29)(H,26,30). The minimum Gasteiger partial charge on any atom is -0.508 e. The number of pyridine rings is 1. The predicted molar refractivity (Wildman–Crippen MR) is 111 cm³/mol. The van der Waals surface area contributed by atoms with Crippen LogP contribution in [0.15, 0.2) is 66.9 Å². The van der Waals surface area contributed by atoms with Gasteiger partial charge in [-0.05, 0) is 55.0 Å². The predicted octanol–water partition coefficient (Wildman–Crippen LogP) is 3.22. The molecule has 2 aromatic carbocycles. The van der Waals surface area contributed by atoms with E-state index in [-0.39, 0.29) is 17.6 Å². The largest absolute Gasteiger partial charge is 0.508 e. The van der Waals surface area contributed by atoms with Crippen LogP contribution in [0.3, 0.4) is 0 Å². The highest BCUT2D eigenvalue weighted by molar-refractivity contribution is 5.99. The van der Waals surface area contributed by atoms with Crippen molar-refractivity contribution < 1.29 is 19.1 Å². The number of benzene rings is 2. The number of nitrogens with one attached hydrogen (secondary N) is 3. The van der Waals surface area contributed by atoms with Gasteiger partial charge >= 0.3 is 0 Å². The summed E-state index contributed by atoms with van der Waals surface area (Å²) in [6, 6.07) is 15.2. The fraction of sp³-hybridized carbons (Fsp3) is 0.136. The lowest BCUT2D eigenvalue weighted by atomic mass is 10.2. The molecule has 0 atom stereocenters. The van der Waals surface area contributed by atoms with Crippen LogP contribution < -0.4 is 16.0 Å². The summed E-state index contributed by atoms with van der Waals surface area (Å²) in [5.41, 5.74) is 1.17. The number of halogens is 1. The third kappa shape index (κ3) is 5.78. The second kappa shape index (κ2) is 10.0. The molecule has 0 radical (unpaired) electrons. The summed E-state index contributed by atoms with van der Waals surface area (Å²) in [6.45, 7) is 0.698. The molecule has 1 heterocycles. The Kier molecular flexibility index (Phi) is 6.94. The Balaban J connectivity index is 1.49. The highest BCUT2D eigenvalue weighted by Crippen LogP contribution is 2.19. The number of aromatic nitrogens is 1. The third-order valence-electron chi connectivity index (χ3n) is 4.17. The van der Waals surface area contributed by atoms with Crippen LogP contribution >= 0.6 is 0 Å². The summed E-state index contributed by atoms with van der Waals surface area (Å²) < 4.78 is 13.4. The second-order valence-corrected chi connectivity index (χ2v) is 6.45. The van der Waals surface area contributed by atoms with Gasteiger partial charge < -0.3 is 21.1 Å². The maximum atomic E-state index is 13.4. The monoisotopic (exact) mass is 408 g/mol. The molecule has 0 unspecified atom stereocenters. The van der Waals surface area contributed by atoms with Gasteiger partial charge in [0.15, 0.2) is 0 Å². The summed E-state index contributed by atoms with van der Waals surface area (Å²) in [4.78, 5) is 28.7. The van der Waals surface area contributed by atoms with Crippen LogP contribution in [-0.4, -0.2) is 35.0 Å². The molecule has 1 aromatic heterocycles. The summed E-state index contributed by atoms with van der Waals surface area (Å²) in [5.74, 6) is -0.686. The molecule has 30 heavy (non-hydrogen) atoms. The first kappa shape index (κ1) is 20.8. The second-order valence-electron chi connectivity index (χ2n) is 6.45. The van der Waals surface area contributed by atoms with E-state index in [0.29, 0.717) is 42.1 Å². The Morgan fingerprint density at radius 2 is 1.70 bits per heavy atom. The number of carbonyl (C=O) groups excluding carboxylic acids is 2. The average molecular weight is 408 g/mol. The van der Waals surface area contributed by atoms with Crippen molar-refractivity contribution in [2.75, 3.05) is 18.4 Å². The Morgan fingerprint density at radius 3 is 2.47 bits per heavy atom. The smallest absolute Gasteiger partial charge is 0.255 e. The Bertz CT molecular complexity index is 1040.